The number of fused-ring (bicyclic) bond motifs is 1. The smallest absolute Gasteiger partial charge is 0.246 e. The average molecular weight is 336 g/mol. The van der Waals surface area contributed by atoms with Crippen molar-refractivity contribution in [2.75, 3.05) is 13.1 Å². The van der Waals surface area contributed by atoms with E-state index in [4.69, 9.17) is 16.3 Å². The van der Waals surface area contributed by atoms with Crippen LogP contribution < -0.4 is 0 Å². The maximum absolute atomic E-state index is 12.3. The van der Waals surface area contributed by atoms with Crippen molar-refractivity contribution in [3.05, 3.63) is 40.2 Å². The Balaban J connectivity index is 1.77. The fraction of sp³-hybridized carbons (Fsp3) is 0.353. The molecule has 2 heterocycles. The first-order valence-corrected chi connectivity index (χ1v) is 8.53. The number of benzene rings is 1. The highest BCUT2D eigenvalue weighted by Crippen LogP contribution is 2.35. The van der Waals surface area contributed by atoms with Crippen LogP contribution in [0.4, 0.5) is 0 Å². The molecule has 0 aliphatic carbocycles. The van der Waals surface area contributed by atoms with Crippen LogP contribution in [0.15, 0.2) is 30.3 Å². The molecule has 5 heteroatoms. The molecular weight excluding hydrogens is 318 g/mol. The largest absolute Gasteiger partial charge is 0.372 e. The van der Waals surface area contributed by atoms with Gasteiger partial charge in [0.25, 0.3) is 0 Å². The molecule has 0 bridgehead atoms. The molecule has 2 atom stereocenters. The molecule has 116 valence electrons. The van der Waals surface area contributed by atoms with Crippen LogP contribution in [-0.4, -0.2) is 36.1 Å². The van der Waals surface area contributed by atoms with Gasteiger partial charge in [-0.3, -0.25) is 4.79 Å². The number of morpholine rings is 1. The van der Waals surface area contributed by atoms with Gasteiger partial charge in [0.2, 0.25) is 5.91 Å². The molecule has 3 nitrogen and oxygen atoms in total. The first-order chi connectivity index (χ1) is 10.5. The molecule has 0 spiro atoms. The highest BCUT2D eigenvalue weighted by Gasteiger charge is 2.24. The summed E-state index contributed by atoms with van der Waals surface area (Å²) >= 11 is 7.99. The lowest BCUT2D eigenvalue weighted by molar-refractivity contribution is -0.137. The van der Waals surface area contributed by atoms with Gasteiger partial charge in [-0.2, -0.15) is 0 Å². The zero-order valence-corrected chi connectivity index (χ0v) is 14.2. The van der Waals surface area contributed by atoms with Crippen LogP contribution in [0, 0.1) is 0 Å². The lowest BCUT2D eigenvalue weighted by Crippen LogP contribution is -2.47. The molecule has 1 aromatic carbocycles. The van der Waals surface area contributed by atoms with Gasteiger partial charge in [0.1, 0.15) is 0 Å². The fourth-order valence-corrected chi connectivity index (χ4v) is 4.15. The third-order valence-electron chi connectivity index (χ3n) is 3.67. The van der Waals surface area contributed by atoms with E-state index >= 15 is 0 Å². The molecule has 0 N–H and O–H groups in total. The number of rotatable bonds is 2. The Bertz CT molecular complexity index is 715. The number of thiophene rings is 1. The maximum Gasteiger partial charge on any atom is 0.246 e. The van der Waals surface area contributed by atoms with Crippen molar-refractivity contribution in [3.63, 3.8) is 0 Å². The van der Waals surface area contributed by atoms with Crippen molar-refractivity contribution in [1.29, 1.82) is 0 Å². The summed E-state index contributed by atoms with van der Waals surface area (Å²) in [4.78, 5) is 15.1. The van der Waals surface area contributed by atoms with Crippen molar-refractivity contribution >= 4 is 45.0 Å². The van der Waals surface area contributed by atoms with E-state index in [1.54, 1.807) is 17.4 Å². The molecule has 1 aromatic heterocycles. The van der Waals surface area contributed by atoms with E-state index in [0.29, 0.717) is 18.1 Å². The third-order valence-corrected chi connectivity index (χ3v) is 5.32. The average Bonchev–Trinajstić information content (AvgIpc) is 2.81. The highest BCUT2D eigenvalue weighted by atomic mass is 35.5. The fourth-order valence-electron chi connectivity index (χ4n) is 2.75. The van der Waals surface area contributed by atoms with Crippen molar-refractivity contribution < 1.29 is 9.53 Å². The van der Waals surface area contributed by atoms with Crippen LogP contribution in [0.5, 0.6) is 0 Å². The minimum Gasteiger partial charge on any atom is -0.372 e. The molecule has 0 radical (unpaired) electrons. The quantitative estimate of drug-likeness (QED) is 0.770. The van der Waals surface area contributed by atoms with Gasteiger partial charge in [-0.15, -0.1) is 11.3 Å². The van der Waals surface area contributed by atoms with Crippen LogP contribution in [0.3, 0.4) is 0 Å². The lowest BCUT2D eigenvalue weighted by Gasteiger charge is -2.34. The number of hydrogen-bond acceptors (Lipinski definition) is 3. The van der Waals surface area contributed by atoms with Crippen LogP contribution in [0.1, 0.15) is 18.7 Å². The SMILES string of the molecule is CC1CN(C(=O)/C=C/c2sc3ccccc3c2Cl)CC(C)O1. The van der Waals surface area contributed by atoms with Gasteiger partial charge < -0.3 is 9.64 Å². The highest BCUT2D eigenvalue weighted by molar-refractivity contribution is 7.20. The van der Waals surface area contributed by atoms with Crippen molar-refractivity contribution in [3.8, 4) is 0 Å². The van der Waals surface area contributed by atoms with Gasteiger partial charge in [-0.25, -0.2) is 0 Å². The van der Waals surface area contributed by atoms with Crippen LogP contribution in [-0.2, 0) is 9.53 Å². The molecule has 1 aliphatic rings. The molecular formula is C17H18ClNO2S. The lowest BCUT2D eigenvalue weighted by atomic mass is 10.2. The monoisotopic (exact) mass is 335 g/mol. The summed E-state index contributed by atoms with van der Waals surface area (Å²) in [7, 11) is 0. The molecule has 1 amide bonds. The van der Waals surface area contributed by atoms with Crippen molar-refractivity contribution in [2.24, 2.45) is 0 Å². The predicted octanol–water partition coefficient (Wildman–Crippen LogP) is 4.20. The first-order valence-electron chi connectivity index (χ1n) is 7.34. The first kappa shape index (κ1) is 15.5. The second-order valence-corrected chi connectivity index (χ2v) is 7.07. The van der Waals surface area contributed by atoms with E-state index in [1.165, 1.54) is 0 Å². The molecule has 3 rings (SSSR count). The summed E-state index contributed by atoms with van der Waals surface area (Å²) in [5.74, 6) is 0.00974. The second kappa shape index (κ2) is 6.41. The predicted molar refractivity (Wildman–Crippen MR) is 92.5 cm³/mol. The Morgan fingerprint density at radius 3 is 2.68 bits per heavy atom. The van der Waals surface area contributed by atoms with Crippen LogP contribution in [0.25, 0.3) is 16.2 Å². The van der Waals surface area contributed by atoms with Crippen molar-refractivity contribution in [1.82, 2.24) is 4.90 Å². The van der Waals surface area contributed by atoms with Crippen LogP contribution >= 0.6 is 22.9 Å². The number of amides is 1. The Morgan fingerprint density at radius 1 is 1.32 bits per heavy atom. The number of nitrogens with zero attached hydrogens (tertiary/aromatic N) is 1. The number of carbonyl (C=O) groups is 1. The van der Waals surface area contributed by atoms with Gasteiger partial charge >= 0.3 is 0 Å². The minimum absolute atomic E-state index is 0.00974. The molecule has 22 heavy (non-hydrogen) atoms. The second-order valence-electron chi connectivity index (χ2n) is 5.61. The zero-order chi connectivity index (χ0) is 15.7. The normalized spacial score (nSPS) is 22.6. The zero-order valence-electron chi connectivity index (χ0n) is 12.6. The standard InChI is InChI=1S/C17H18ClNO2S/c1-11-9-19(10-12(2)21-11)16(20)8-7-15-17(18)13-5-3-4-6-14(13)22-15/h3-8,11-12H,9-10H2,1-2H3/b8-7+. The Hall–Kier alpha value is -1.36. The summed E-state index contributed by atoms with van der Waals surface area (Å²) in [5, 5.41) is 1.75. The van der Waals surface area contributed by atoms with E-state index < -0.39 is 0 Å². The van der Waals surface area contributed by atoms with E-state index in [9.17, 15) is 4.79 Å². The van der Waals surface area contributed by atoms with Gasteiger partial charge in [-0.1, -0.05) is 29.8 Å². The molecule has 2 unspecified atom stereocenters. The Morgan fingerprint density at radius 2 is 2.00 bits per heavy atom. The Labute approximate surface area is 139 Å². The van der Waals surface area contributed by atoms with Crippen LogP contribution in [0.2, 0.25) is 5.02 Å². The molecule has 1 saturated heterocycles. The number of hydrogen-bond donors (Lipinski definition) is 0. The summed E-state index contributed by atoms with van der Waals surface area (Å²) < 4.78 is 6.78. The number of ether oxygens (including phenoxy) is 1. The molecule has 0 saturated carbocycles. The minimum atomic E-state index is 0.00974. The van der Waals surface area contributed by atoms with Gasteiger partial charge in [0.15, 0.2) is 0 Å². The van der Waals surface area contributed by atoms with Gasteiger partial charge in [0.05, 0.1) is 17.2 Å². The summed E-state index contributed by atoms with van der Waals surface area (Å²) in [6, 6.07) is 8.00. The molecule has 2 aromatic rings. The summed E-state index contributed by atoms with van der Waals surface area (Å²) in [6.07, 6.45) is 3.59. The van der Waals surface area contributed by atoms with E-state index in [1.807, 2.05) is 49.1 Å². The number of halogens is 1. The van der Waals surface area contributed by atoms with Gasteiger partial charge in [0, 0.05) is 34.1 Å². The summed E-state index contributed by atoms with van der Waals surface area (Å²) in [6.45, 7) is 5.24. The van der Waals surface area contributed by atoms with Gasteiger partial charge in [-0.05, 0) is 26.0 Å². The maximum atomic E-state index is 12.3. The third kappa shape index (κ3) is 3.19. The Kier molecular flexibility index (Phi) is 4.52. The van der Waals surface area contributed by atoms with E-state index in [2.05, 4.69) is 0 Å². The molecule has 1 fully saturated rings. The van der Waals surface area contributed by atoms with E-state index in [-0.39, 0.29) is 18.1 Å². The number of carbonyl (C=O) groups excluding carboxylic acids is 1. The van der Waals surface area contributed by atoms with E-state index in [0.717, 1.165) is 15.0 Å². The van der Waals surface area contributed by atoms with Crippen molar-refractivity contribution in [2.45, 2.75) is 26.1 Å². The summed E-state index contributed by atoms with van der Waals surface area (Å²) in [5.41, 5.74) is 0. The topological polar surface area (TPSA) is 29.5 Å². The molecule has 1 aliphatic heterocycles.